The molecular formula is C19H25ClF2N2O2. The number of hydrogen-bond acceptors (Lipinski definition) is 4. The molecule has 0 aliphatic heterocycles. The summed E-state index contributed by atoms with van der Waals surface area (Å²) in [6.07, 6.45) is 2.35. The van der Waals surface area contributed by atoms with E-state index in [4.69, 9.17) is 16.7 Å². The number of aromatic nitrogens is 2. The van der Waals surface area contributed by atoms with E-state index >= 15 is 0 Å². The molecule has 0 bridgehead atoms. The fourth-order valence-electron chi connectivity index (χ4n) is 1.97. The van der Waals surface area contributed by atoms with Crippen LogP contribution in [0.1, 0.15) is 57.2 Å². The molecule has 2 aromatic heterocycles. The summed E-state index contributed by atoms with van der Waals surface area (Å²) in [6.45, 7) is 6.37. The zero-order valence-corrected chi connectivity index (χ0v) is 15.9. The fraction of sp³-hybridized carbons (Fsp3) is 0.474. The lowest BCUT2D eigenvalue weighted by molar-refractivity contribution is 0.143. The standard InChI is InChI=1S/C12H18FNO.C7H7ClFNO/c1-12(2,3)7-6-11(15)10-5-4-9(13)8-14-10;8-3-7(11)6-2-1-5(9)4-10-6/h4-5,8,11,15H,6-7H2,1-3H3;1-2,4,7,11H,3H2/t11-;7-/m00/s1. The highest BCUT2D eigenvalue weighted by molar-refractivity contribution is 6.18. The van der Waals surface area contributed by atoms with E-state index in [1.807, 2.05) is 0 Å². The summed E-state index contributed by atoms with van der Waals surface area (Å²) in [7, 11) is 0. The molecule has 2 aromatic rings. The van der Waals surface area contributed by atoms with E-state index < -0.39 is 18.0 Å². The zero-order valence-electron chi connectivity index (χ0n) is 15.2. The van der Waals surface area contributed by atoms with Gasteiger partial charge in [0.15, 0.2) is 0 Å². The third kappa shape index (κ3) is 8.65. The molecule has 0 radical (unpaired) electrons. The molecule has 0 spiro atoms. The number of halogens is 3. The van der Waals surface area contributed by atoms with Gasteiger partial charge in [-0.15, -0.1) is 11.6 Å². The molecular weight excluding hydrogens is 362 g/mol. The van der Waals surface area contributed by atoms with E-state index in [9.17, 15) is 13.9 Å². The van der Waals surface area contributed by atoms with Crippen molar-refractivity contribution in [1.82, 2.24) is 9.97 Å². The molecule has 0 aliphatic carbocycles. The van der Waals surface area contributed by atoms with Crippen molar-refractivity contribution >= 4 is 11.6 Å². The van der Waals surface area contributed by atoms with Crippen LogP contribution in [-0.2, 0) is 0 Å². The first-order valence-corrected chi connectivity index (χ1v) is 8.81. The maximum Gasteiger partial charge on any atom is 0.141 e. The summed E-state index contributed by atoms with van der Waals surface area (Å²) in [5, 5.41) is 18.9. The van der Waals surface area contributed by atoms with Crippen molar-refractivity contribution in [3.63, 3.8) is 0 Å². The van der Waals surface area contributed by atoms with Crippen molar-refractivity contribution < 1.29 is 19.0 Å². The highest BCUT2D eigenvalue weighted by Crippen LogP contribution is 2.26. The lowest BCUT2D eigenvalue weighted by atomic mass is 9.89. The number of aliphatic hydroxyl groups excluding tert-OH is 2. The van der Waals surface area contributed by atoms with Crippen LogP contribution >= 0.6 is 11.6 Å². The van der Waals surface area contributed by atoms with Crippen LogP contribution in [0.5, 0.6) is 0 Å². The van der Waals surface area contributed by atoms with Gasteiger partial charge in [0.1, 0.15) is 17.7 Å². The molecule has 144 valence electrons. The second kappa shape index (κ2) is 10.5. The summed E-state index contributed by atoms with van der Waals surface area (Å²) in [5.74, 6) is -0.726. The second-order valence-electron chi connectivity index (χ2n) is 7.09. The summed E-state index contributed by atoms with van der Waals surface area (Å²) >= 11 is 5.34. The first kappa shape index (κ1) is 22.4. The Kier molecular flexibility index (Phi) is 9.05. The van der Waals surface area contributed by atoms with Crippen molar-refractivity contribution in [3.8, 4) is 0 Å². The van der Waals surface area contributed by atoms with Crippen LogP contribution in [0.25, 0.3) is 0 Å². The summed E-state index contributed by atoms with van der Waals surface area (Å²) in [4.78, 5) is 7.49. The van der Waals surface area contributed by atoms with E-state index in [1.165, 1.54) is 24.3 Å². The molecule has 4 nitrogen and oxygen atoms in total. The second-order valence-corrected chi connectivity index (χ2v) is 7.40. The smallest absolute Gasteiger partial charge is 0.141 e. The van der Waals surface area contributed by atoms with Crippen LogP contribution in [0.2, 0.25) is 0 Å². The van der Waals surface area contributed by atoms with Crippen molar-refractivity contribution in [1.29, 1.82) is 0 Å². The first-order chi connectivity index (χ1) is 12.1. The number of aliphatic hydroxyl groups is 2. The molecule has 0 fully saturated rings. The van der Waals surface area contributed by atoms with Gasteiger partial charge in [-0.05, 0) is 42.5 Å². The SMILES string of the molecule is CC(C)(C)CC[C@H](O)c1ccc(F)cn1.O[C@@H](CCl)c1ccc(F)cn1. The van der Waals surface area contributed by atoms with Gasteiger partial charge in [0.25, 0.3) is 0 Å². The number of rotatable bonds is 5. The fourth-order valence-corrected chi connectivity index (χ4v) is 2.12. The largest absolute Gasteiger partial charge is 0.387 e. The maximum atomic E-state index is 12.6. The van der Waals surface area contributed by atoms with Crippen LogP contribution in [0.4, 0.5) is 8.78 Å². The third-order valence-corrected chi connectivity index (χ3v) is 3.79. The van der Waals surface area contributed by atoms with Crippen molar-refractivity contribution in [2.24, 2.45) is 5.41 Å². The van der Waals surface area contributed by atoms with Gasteiger partial charge in [-0.1, -0.05) is 20.8 Å². The van der Waals surface area contributed by atoms with E-state index in [-0.39, 0.29) is 17.1 Å². The average molecular weight is 387 g/mol. The van der Waals surface area contributed by atoms with E-state index in [0.29, 0.717) is 17.8 Å². The summed E-state index contributed by atoms with van der Waals surface area (Å²) < 4.78 is 24.9. The van der Waals surface area contributed by atoms with Crippen molar-refractivity contribution in [3.05, 3.63) is 59.7 Å². The quantitative estimate of drug-likeness (QED) is 0.738. The molecule has 0 saturated heterocycles. The van der Waals surface area contributed by atoms with E-state index in [2.05, 4.69) is 30.7 Å². The number of hydrogen-bond donors (Lipinski definition) is 2. The van der Waals surface area contributed by atoms with Gasteiger partial charge in [0.2, 0.25) is 0 Å². The van der Waals surface area contributed by atoms with Gasteiger partial charge >= 0.3 is 0 Å². The Bertz CT molecular complexity index is 646. The molecule has 2 atom stereocenters. The molecule has 0 saturated carbocycles. The molecule has 7 heteroatoms. The Morgan fingerprint density at radius 2 is 1.38 bits per heavy atom. The topological polar surface area (TPSA) is 66.2 Å². The van der Waals surface area contributed by atoms with Gasteiger partial charge in [-0.3, -0.25) is 9.97 Å². The van der Waals surface area contributed by atoms with E-state index in [1.54, 1.807) is 0 Å². The van der Waals surface area contributed by atoms with Crippen LogP contribution < -0.4 is 0 Å². The molecule has 2 heterocycles. The molecule has 0 amide bonds. The van der Waals surface area contributed by atoms with E-state index in [0.717, 1.165) is 18.8 Å². The maximum absolute atomic E-state index is 12.6. The summed E-state index contributed by atoms with van der Waals surface area (Å²) in [6, 6.07) is 5.49. The Labute approximate surface area is 157 Å². The molecule has 2 N–H and O–H groups in total. The monoisotopic (exact) mass is 386 g/mol. The number of alkyl halides is 1. The van der Waals surface area contributed by atoms with Crippen molar-refractivity contribution in [2.75, 3.05) is 5.88 Å². The summed E-state index contributed by atoms with van der Waals surface area (Å²) in [5.41, 5.74) is 1.13. The lowest BCUT2D eigenvalue weighted by Gasteiger charge is -2.19. The van der Waals surface area contributed by atoms with Crippen LogP contribution in [-0.4, -0.2) is 26.1 Å². The van der Waals surface area contributed by atoms with Gasteiger partial charge in [-0.25, -0.2) is 8.78 Å². The molecule has 0 aromatic carbocycles. The predicted octanol–water partition coefficient (Wildman–Crippen LogP) is 4.57. The minimum Gasteiger partial charge on any atom is -0.387 e. The van der Waals surface area contributed by atoms with Crippen LogP contribution in [0.15, 0.2) is 36.7 Å². The van der Waals surface area contributed by atoms with Gasteiger partial charge < -0.3 is 10.2 Å². The normalized spacial score (nSPS) is 13.5. The first-order valence-electron chi connectivity index (χ1n) is 8.27. The molecule has 0 unspecified atom stereocenters. The number of pyridine rings is 2. The Balaban J connectivity index is 0.000000273. The average Bonchev–Trinajstić information content (AvgIpc) is 2.60. The lowest BCUT2D eigenvalue weighted by Crippen LogP contribution is -2.09. The molecule has 26 heavy (non-hydrogen) atoms. The predicted molar refractivity (Wildman–Crippen MR) is 97.7 cm³/mol. The number of nitrogens with zero attached hydrogens (tertiary/aromatic N) is 2. The third-order valence-electron chi connectivity index (χ3n) is 3.50. The highest BCUT2D eigenvalue weighted by atomic mass is 35.5. The zero-order chi connectivity index (χ0) is 19.7. The van der Waals surface area contributed by atoms with Gasteiger partial charge in [-0.2, -0.15) is 0 Å². The highest BCUT2D eigenvalue weighted by Gasteiger charge is 2.15. The Morgan fingerprint density at radius 1 is 0.923 bits per heavy atom. The van der Waals surface area contributed by atoms with Crippen molar-refractivity contribution in [2.45, 2.75) is 45.8 Å². The van der Waals surface area contributed by atoms with Gasteiger partial charge in [0.05, 0.1) is 35.8 Å². The van der Waals surface area contributed by atoms with Crippen LogP contribution in [0.3, 0.4) is 0 Å². The molecule has 2 rings (SSSR count). The Hall–Kier alpha value is -1.63. The van der Waals surface area contributed by atoms with Gasteiger partial charge in [0, 0.05) is 0 Å². The minimum absolute atomic E-state index is 0.0681. The molecule has 0 aliphatic rings. The minimum atomic E-state index is -0.808. The Morgan fingerprint density at radius 3 is 1.73 bits per heavy atom. The van der Waals surface area contributed by atoms with Crippen LogP contribution in [0, 0.1) is 17.0 Å².